The first kappa shape index (κ1) is 17.0. The molecular weight excluding hydrogens is 330 g/mol. The Morgan fingerprint density at radius 2 is 1.95 bits per heavy atom. The first-order chi connectivity index (χ1) is 9.32. The monoisotopic (exact) mass is 348 g/mol. The minimum Gasteiger partial charge on any atom is -0.354 e. The molecule has 0 aliphatic carbocycles. The zero-order chi connectivity index (χ0) is 15.3. The van der Waals surface area contributed by atoms with Crippen LogP contribution in [0.4, 0.5) is 8.78 Å². The Bertz CT molecular complexity index is 480. The van der Waals surface area contributed by atoms with Crippen LogP contribution >= 0.6 is 15.9 Å². The van der Waals surface area contributed by atoms with Crippen LogP contribution in [0.15, 0.2) is 16.6 Å². The fourth-order valence-electron chi connectivity index (χ4n) is 1.54. The Labute approximate surface area is 126 Å². The van der Waals surface area contributed by atoms with Crippen LogP contribution in [0.5, 0.6) is 0 Å². The zero-order valence-electron chi connectivity index (χ0n) is 11.8. The maximum atomic E-state index is 13.7. The Hall–Kier alpha value is -1.01. The molecular formula is C14H19BrF2N2O. The lowest BCUT2D eigenvalue weighted by molar-refractivity contribution is -0.122. The standard InChI is InChI=1S/C14H19BrF2N2O/c1-8(2)6-19-14(20)9(3)18-7-10-12(16)5-4-11(15)13(10)17/h4-5,8-9,18H,6-7H2,1-3H3,(H,19,20). The number of halogens is 3. The van der Waals surface area contributed by atoms with Gasteiger partial charge < -0.3 is 10.6 Å². The molecule has 20 heavy (non-hydrogen) atoms. The van der Waals surface area contributed by atoms with Gasteiger partial charge >= 0.3 is 0 Å². The Kier molecular flexibility index (Phi) is 6.55. The van der Waals surface area contributed by atoms with E-state index in [0.717, 1.165) is 0 Å². The van der Waals surface area contributed by atoms with E-state index in [0.29, 0.717) is 12.5 Å². The van der Waals surface area contributed by atoms with Crippen molar-refractivity contribution in [2.75, 3.05) is 6.54 Å². The van der Waals surface area contributed by atoms with E-state index in [1.807, 2.05) is 13.8 Å². The van der Waals surface area contributed by atoms with E-state index in [4.69, 9.17) is 0 Å². The maximum absolute atomic E-state index is 13.7. The summed E-state index contributed by atoms with van der Waals surface area (Å²) in [6, 6.07) is 1.98. The number of carbonyl (C=O) groups excluding carboxylic acids is 1. The first-order valence-corrected chi connectivity index (χ1v) is 7.25. The van der Waals surface area contributed by atoms with E-state index in [1.54, 1.807) is 6.92 Å². The SMILES string of the molecule is CC(C)CNC(=O)C(C)NCc1c(F)ccc(Br)c1F. The summed E-state index contributed by atoms with van der Waals surface area (Å²) in [6.07, 6.45) is 0. The van der Waals surface area contributed by atoms with Gasteiger partial charge in [0.05, 0.1) is 10.5 Å². The van der Waals surface area contributed by atoms with Gasteiger partial charge in [-0.3, -0.25) is 4.79 Å². The number of nitrogens with one attached hydrogen (secondary N) is 2. The molecule has 0 fully saturated rings. The average Bonchev–Trinajstić information content (AvgIpc) is 2.40. The topological polar surface area (TPSA) is 41.1 Å². The molecule has 0 spiro atoms. The summed E-state index contributed by atoms with van der Waals surface area (Å²) in [5, 5.41) is 5.58. The van der Waals surface area contributed by atoms with Crippen molar-refractivity contribution in [1.29, 1.82) is 0 Å². The van der Waals surface area contributed by atoms with Crippen molar-refractivity contribution in [1.82, 2.24) is 10.6 Å². The third-order valence-corrected chi connectivity index (χ3v) is 3.41. The third kappa shape index (κ3) is 4.83. The minimum atomic E-state index is -0.646. The normalized spacial score (nSPS) is 12.6. The van der Waals surface area contributed by atoms with E-state index in [-0.39, 0.29) is 22.5 Å². The second-order valence-electron chi connectivity index (χ2n) is 5.06. The molecule has 1 aromatic rings. The number of rotatable bonds is 6. The molecule has 1 rings (SSSR count). The molecule has 2 N–H and O–H groups in total. The summed E-state index contributed by atoms with van der Waals surface area (Å²) in [4.78, 5) is 11.7. The quantitative estimate of drug-likeness (QED) is 0.776. The Morgan fingerprint density at radius 3 is 2.55 bits per heavy atom. The molecule has 0 saturated heterocycles. The lowest BCUT2D eigenvalue weighted by Gasteiger charge is -2.16. The van der Waals surface area contributed by atoms with Crippen molar-refractivity contribution in [3.63, 3.8) is 0 Å². The van der Waals surface area contributed by atoms with Crippen molar-refractivity contribution >= 4 is 21.8 Å². The van der Waals surface area contributed by atoms with Crippen LogP contribution < -0.4 is 10.6 Å². The second kappa shape index (κ2) is 7.69. The molecule has 1 unspecified atom stereocenters. The summed E-state index contributed by atoms with van der Waals surface area (Å²) in [7, 11) is 0. The summed E-state index contributed by atoms with van der Waals surface area (Å²) < 4.78 is 27.5. The Morgan fingerprint density at radius 1 is 1.30 bits per heavy atom. The van der Waals surface area contributed by atoms with Gasteiger partial charge in [0.15, 0.2) is 0 Å². The zero-order valence-corrected chi connectivity index (χ0v) is 13.4. The van der Waals surface area contributed by atoms with Crippen LogP contribution in [0.1, 0.15) is 26.3 Å². The van der Waals surface area contributed by atoms with Crippen molar-refractivity contribution in [3.8, 4) is 0 Å². The average molecular weight is 349 g/mol. The molecule has 0 heterocycles. The highest BCUT2D eigenvalue weighted by Gasteiger charge is 2.16. The van der Waals surface area contributed by atoms with Crippen LogP contribution in [0, 0.1) is 17.6 Å². The van der Waals surface area contributed by atoms with Gasteiger partial charge in [-0.05, 0) is 40.9 Å². The lowest BCUT2D eigenvalue weighted by Crippen LogP contribution is -2.43. The van der Waals surface area contributed by atoms with Crippen LogP contribution in [-0.2, 0) is 11.3 Å². The van der Waals surface area contributed by atoms with Gasteiger partial charge in [-0.2, -0.15) is 0 Å². The summed E-state index contributed by atoms with van der Waals surface area (Å²) in [5.74, 6) is -1.11. The predicted octanol–water partition coefficient (Wildman–Crippen LogP) is 2.98. The second-order valence-corrected chi connectivity index (χ2v) is 5.92. The number of hydrogen-bond donors (Lipinski definition) is 2. The van der Waals surface area contributed by atoms with Gasteiger partial charge in [-0.15, -0.1) is 0 Å². The maximum Gasteiger partial charge on any atom is 0.236 e. The van der Waals surface area contributed by atoms with E-state index in [2.05, 4.69) is 26.6 Å². The third-order valence-electron chi connectivity index (χ3n) is 2.80. The molecule has 0 aromatic heterocycles. The molecule has 0 aliphatic heterocycles. The summed E-state index contributed by atoms with van der Waals surface area (Å²) >= 11 is 3.01. The van der Waals surface area contributed by atoms with Gasteiger partial charge in [-0.25, -0.2) is 8.78 Å². The molecule has 1 amide bonds. The molecule has 6 heteroatoms. The predicted molar refractivity (Wildman–Crippen MR) is 78.2 cm³/mol. The van der Waals surface area contributed by atoms with Crippen molar-refractivity contribution < 1.29 is 13.6 Å². The van der Waals surface area contributed by atoms with Crippen LogP contribution in [0.25, 0.3) is 0 Å². The molecule has 1 atom stereocenters. The molecule has 1 aromatic carbocycles. The van der Waals surface area contributed by atoms with Gasteiger partial charge in [-0.1, -0.05) is 13.8 Å². The highest BCUT2D eigenvalue weighted by atomic mass is 79.9. The molecule has 0 radical (unpaired) electrons. The molecule has 0 aliphatic rings. The van der Waals surface area contributed by atoms with Crippen LogP contribution in [0.3, 0.4) is 0 Å². The van der Waals surface area contributed by atoms with Gasteiger partial charge in [0.1, 0.15) is 11.6 Å². The molecule has 0 saturated carbocycles. The summed E-state index contributed by atoms with van der Waals surface area (Å²) in [5.41, 5.74) is -0.0807. The number of hydrogen-bond acceptors (Lipinski definition) is 2. The van der Waals surface area contributed by atoms with Crippen LogP contribution in [0.2, 0.25) is 0 Å². The van der Waals surface area contributed by atoms with E-state index < -0.39 is 17.7 Å². The van der Waals surface area contributed by atoms with Crippen molar-refractivity contribution in [2.24, 2.45) is 5.92 Å². The minimum absolute atomic E-state index is 0.0482. The van der Waals surface area contributed by atoms with E-state index in [9.17, 15) is 13.6 Å². The first-order valence-electron chi connectivity index (χ1n) is 6.46. The van der Waals surface area contributed by atoms with Crippen molar-refractivity contribution in [3.05, 3.63) is 33.8 Å². The number of carbonyl (C=O) groups is 1. The highest BCUT2D eigenvalue weighted by Crippen LogP contribution is 2.21. The van der Waals surface area contributed by atoms with Crippen molar-refractivity contribution in [2.45, 2.75) is 33.4 Å². The summed E-state index contributed by atoms with van der Waals surface area (Å²) in [6.45, 7) is 6.16. The molecule has 0 bridgehead atoms. The lowest BCUT2D eigenvalue weighted by atomic mass is 10.1. The van der Waals surface area contributed by atoms with E-state index >= 15 is 0 Å². The largest absolute Gasteiger partial charge is 0.354 e. The Balaban J connectivity index is 2.59. The van der Waals surface area contributed by atoms with E-state index in [1.165, 1.54) is 12.1 Å². The van der Waals surface area contributed by atoms with Gasteiger partial charge in [0, 0.05) is 18.7 Å². The van der Waals surface area contributed by atoms with Gasteiger partial charge in [0.2, 0.25) is 5.91 Å². The number of benzene rings is 1. The smallest absolute Gasteiger partial charge is 0.236 e. The van der Waals surface area contributed by atoms with Crippen LogP contribution in [-0.4, -0.2) is 18.5 Å². The molecule has 112 valence electrons. The fraction of sp³-hybridized carbons (Fsp3) is 0.500. The van der Waals surface area contributed by atoms with Gasteiger partial charge in [0.25, 0.3) is 0 Å². The number of amides is 1. The highest BCUT2D eigenvalue weighted by molar-refractivity contribution is 9.10. The fourth-order valence-corrected chi connectivity index (χ4v) is 1.91. The molecule has 3 nitrogen and oxygen atoms in total.